The van der Waals surface area contributed by atoms with E-state index in [9.17, 15) is 13.2 Å². The van der Waals surface area contributed by atoms with Gasteiger partial charge in [-0.05, 0) is 0 Å². The van der Waals surface area contributed by atoms with Crippen LogP contribution in [-0.2, 0) is 34.8 Å². The highest BCUT2D eigenvalue weighted by Gasteiger charge is 2.16. The van der Waals surface area contributed by atoms with Crippen LogP contribution in [0.2, 0.25) is 0 Å². The number of hydrogen-bond donors (Lipinski definition) is 1. The molecule has 0 saturated carbocycles. The fraction of sp³-hybridized carbons (Fsp3) is 0.700. The first-order valence-electron chi connectivity index (χ1n) is 5.57. The van der Waals surface area contributed by atoms with Crippen LogP contribution in [0.5, 0.6) is 0 Å². The van der Waals surface area contributed by atoms with Gasteiger partial charge in [0.05, 0.1) is 24.6 Å². The van der Waals surface area contributed by atoms with Gasteiger partial charge in [0.15, 0.2) is 9.84 Å². The predicted octanol–water partition coefficient (Wildman–Crippen LogP) is -0.650. The summed E-state index contributed by atoms with van der Waals surface area (Å²) >= 11 is 0. The van der Waals surface area contributed by atoms with Crippen LogP contribution in [0.1, 0.15) is 12.6 Å². The molecule has 0 radical (unpaired) electrons. The topological polar surface area (TPSA) is 96.3 Å². The molecular weight excluding hydrogens is 258 g/mol. The minimum absolute atomic E-state index is 0.0621. The van der Waals surface area contributed by atoms with Crippen LogP contribution in [-0.4, -0.2) is 36.4 Å². The molecule has 104 valence electrons. The largest absolute Gasteiger partial charge is 0.393 e. The molecule has 1 aromatic rings. The molecule has 0 amide bonds. The molecule has 0 aliphatic heterocycles. The summed E-state index contributed by atoms with van der Waals surface area (Å²) in [5.74, 6) is -0.0142. The van der Waals surface area contributed by atoms with Crippen molar-refractivity contribution in [2.75, 3.05) is 24.3 Å². The monoisotopic (exact) mass is 277 g/mol. The number of aromatic nitrogens is 2. The van der Waals surface area contributed by atoms with Crippen LogP contribution in [0.3, 0.4) is 0 Å². The van der Waals surface area contributed by atoms with Crippen molar-refractivity contribution in [3.05, 3.63) is 16.0 Å². The van der Waals surface area contributed by atoms with Crippen molar-refractivity contribution in [3.63, 3.8) is 0 Å². The SMILES string of the molecule is CCS(=O)(=O)CCn1c(=O)c(N)c(COC)n1C. The summed E-state index contributed by atoms with van der Waals surface area (Å²) < 4.78 is 30.7. The molecule has 0 unspecified atom stereocenters. The van der Waals surface area contributed by atoms with Crippen molar-refractivity contribution >= 4 is 15.5 Å². The molecule has 0 saturated heterocycles. The zero-order valence-corrected chi connectivity index (χ0v) is 11.7. The summed E-state index contributed by atoms with van der Waals surface area (Å²) in [6.45, 7) is 1.89. The van der Waals surface area contributed by atoms with Gasteiger partial charge in [0.1, 0.15) is 5.69 Å². The number of nitrogens with two attached hydrogens (primary N) is 1. The summed E-state index contributed by atoms with van der Waals surface area (Å²) in [4.78, 5) is 11.9. The Kier molecular flexibility index (Phi) is 4.58. The minimum atomic E-state index is -3.11. The van der Waals surface area contributed by atoms with E-state index in [1.54, 1.807) is 18.7 Å². The molecular formula is C10H19N3O4S. The smallest absolute Gasteiger partial charge is 0.290 e. The first kappa shape index (κ1) is 14.8. The summed E-state index contributed by atoms with van der Waals surface area (Å²) in [7, 11) is 0.0480. The number of nitrogens with zero attached hydrogens (tertiary/aromatic N) is 2. The quantitative estimate of drug-likeness (QED) is 0.745. The first-order chi connectivity index (χ1) is 8.34. The zero-order chi connectivity index (χ0) is 13.9. The lowest BCUT2D eigenvalue weighted by Crippen LogP contribution is -2.27. The maximum atomic E-state index is 11.9. The molecule has 18 heavy (non-hydrogen) atoms. The Hall–Kier alpha value is -1.28. The van der Waals surface area contributed by atoms with Crippen molar-refractivity contribution in [1.82, 2.24) is 9.36 Å². The summed E-state index contributed by atoms with van der Waals surface area (Å²) in [6.07, 6.45) is 0. The van der Waals surface area contributed by atoms with Crippen LogP contribution >= 0.6 is 0 Å². The van der Waals surface area contributed by atoms with Crippen LogP contribution in [0.25, 0.3) is 0 Å². The summed E-state index contributed by atoms with van der Waals surface area (Å²) in [5.41, 5.74) is 5.96. The normalized spacial score (nSPS) is 11.9. The Morgan fingerprint density at radius 1 is 1.39 bits per heavy atom. The lowest BCUT2D eigenvalue weighted by atomic mass is 10.4. The Labute approximate surface area is 106 Å². The molecule has 0 aromatic carbocycles. The molecule has 0 fully saturated rings. The molecule has 1 rings (SSSR count). The van der Waals surface area contributed by atoms with Gasteiger partial charge in [-0.15, -0.1) is 0 Å². The second kappa shape index (κ2) is 5.57. The van der Waals surface area contributed by atoms with Gasteiger partial charge < -0.3 is 10.5 Å². The molecule has 1 aromatic heterocycles. The summed E-state index contributed by atoms with van der Waals surface area (Å²) in [6, 6.07) is 0. The van der Waals surface area contributed by atoms with E-state index >= 15 is 0 Å². The molecule has 2 N–H and O–H groups in total. The standard InChI is InChI=1S/C10H19N3O4S/c1-4-18(15,16)6-5-13-10(14)9(11)8(7-17-3)12(13)2/h4-7,11H2,1-3H3. The van der Waals surface area contributed by atoms with E-state index in [0.717, 1.165) is 0 Å². The summed E-state index contributed by atoms with van der Waals surface area (Å²) in [5, 5.41) is 0. The van der Waals surface area contributed by atoms with Gasteiger partial charge in [-0.1, -0.05) is 6.92 Å². The lowest BCUT2D eigenvalue weighted by Gasteiger charge is -2.09. The predicted molar refractivity (Wildman–Crippen MR) is 69.1 cm³/mol. The number of nitrogen functional groups attached to an aromatic ring is 1. The second-order valence-corrected chi connectivity index (χ2v) is 6.45. The third-order valence-corrected chi connectivity index (χ3v) is 4.55. The molecule has 0 atom stereocenters. The molecule has 7 nitrogen and oxygen atoms in total. The van der Waals surface area contributed by atoms with Crippen molar-refractivity contribution < 1.29 is 13.2 Å². The van der Waals surface area contributed by atoms with Crippen molar-refractivity contribution in [1.29, 1.82) is 0 Å². The zero-order valence-electron chi connectivity index (χ0n) is 10.8. The number of sulfone groups is 1. The molecule has 8 heteroatoms. The van der Waals surface area contributed by atoms with Crippen molar-refractivity contribution in [2.45, 2.75) is 20.1 Å². The number of methoxy groups -OCH3 is 1. The van der Waals surface area contributed by atoms with Gasteiger partial charge in [-0.25, -0.2) is 13.1 Å². The van der Waals surface area contributed by atoms with Gasteiger partial charge >= 0.3 is 0 Å². The van der Waals surface area contributed by atoms with E-state index in [2.05, 4.69) is 0 Å². The van der Waals surface area contributed by atoms with Crippen LogP contribution in [0.15, 0.2) is 4.79 Å². The molecule has 0 bridgehead atoms. The van der Waals surface area contributed by atoms with Gasteiger partial charge in [0.2, 0.25) is 0 Å². The van der Waals surface area contributed by atoms with E-state index in [4.69, 9.17) is 10.5 Å². The van der Waals surface area contributed by atoms with E-state index in [-0.39, 0.29) is 35.9 Å². The van der Waals surface area contributed by atoms with Gasteiger partial charge in [0, 0.05) is 19.9 Å². The second-order valence-electron chi connectivity index (χ2n) is 3.98. The third kappa shape index (κ3) is 2.94. The number of ether oxygens (including phenoxy) is 1. The molecule has 0 aliphatic carbocycles. The highest BCUT2D eigenvalue weighted by atomic mass is 32.2. The Bertz CT molecular complexity index is 571. The van der Waals surface area contributed by atoms with Crippen molar-refractivity contribution in [2.24, 2.45) is 7.05 Å². The lowest BCUT2D eigenvalue weighted by molar-refractivity contribution is 0.176. The maximum absolute atomic E-state index is 11.9. The highest BCUT2D eigenvalue weighted by Crippen LogP contribution is 2.08. The van der Waals surface area contributed by atoms with Gasteiger partial charge in [-0.2, -0.15) is 0 Å². The molecule has 0 aliphatic rings. The fourth-order valence-corrected chi connectivity index (χ4v) is 2.39. The average molecular weight is 277 g/mol. The van der Waals surface area contributed by atoms with Gasteiger partial charge in [0.25, 0.3) is 5.56 Å². The molecule has 1 heterocycles. The van der Waals surface area contributed by atoms with E-state index in [0.29, 0.717) is 5.69 Å². The maximum Gasteiger partial charge on any atom is 0.290 e. The fourth-order valence-electron chi connectivity index (χ4n) is 1.65. The van der Waals surface area contributed by atoms with E-state index in [1.165, 1.54) is 11.8 Å². The highest BCUT2D eigenvalue weighted by molar-refractivity contribution is 7.91. The Balaban J connectivity index is 3.04. The van der Waals surface area contributed by atoms with Crippen LogP contribution in [0, 0.1) is 0 Å². The van der Waals surface area contributed by atoms with Crippen molar-refractivity contribution in [3.8, 4) is 0 Å². The number of hydrogen-bond acceptors (Lipinski definition) is 5. The number of rotatable bonds is 6. The molecule has 0 spiro atoms. The third-order valence-electron chi connectivity index (χ3n) is 2.86. The first-order valence-corrected chi connectivity index (χ1v) is 7.39. The van der Waals surface area contributed by atoms with Gasteiger partial charge in [-0.3, -0.25) is 9.48 Å². The van der Waals surface area contributed by atoms with Crippen LogP contribution in [0.4, 0.5) is 5.69 Å². The van der Waals surface area contributed by atoms with E-state index in [1.807, 2.05) is 0 Å². The average Bonchev–Trinajstić information content (AvgIpc) is 2.52. The Morgan fingerprint density at radius 3 is 2.50 bits per heavy atom. The van der Waals surface area contributed by atoms with E-state index < -0.39 is 9.84 Å². The minimum Gasteiger partial charge on any atom is -0.393 e. The number of anilines is 1. The van der Waals surface area contributed by atoms with Crippen LogP contribution < -0.4 is 11.3 Å². The Morgan fingerprint density at radius 2 is 2.00 bits per heavy atom.